The van der Waals surface area contributed by atoms with Gasteiger partial charge in [0.15, 0.2) is 0 Å². The summed E-state index contributed by atoms with van der Waals surface area (Å²) in [6, 6.07) is 1.81. The molecule has 0 aliphatic carbocycles. The van der Waals surface area contributed by atoms with E-state index in [1.165, 1.54) is 0 Å². The molecule has 0 atom stereocenters. The number of pyridine rings is 1. The molecular formula is C9H11BrClN3S. The summed E-state index contributed by atoms with van der Waals surface area (Å²) in [5.74, 6) is 0.829. The van der Waals surface area contributed by atoms with Crippen molar-refractivity contribution in [1.29, 1.82) is 0 Å². The molecule has 0 bridgehead atoms. The van der Waals surface area contributed by atoms with Crippen LogP contribution in [0.3, 0.4) is 0 Å². The molecule has 0 aliphatic rings. The Labute approximate surface area is 108 Å². The molecule has 0 unspecified atom stereocenters. The standard InChI is InChI=1S/C9H11BrClN3S/c1-14(3-2-8(12)15)9-7(10)4-6(11)5-13-9/h4-5H,2-3H2,1H3,(H2,12,15). The van der Waals surface area contributed by atoms with Crippen LogP contribution < -0.4 is 10.6 Å². The highest BCUT2D eigenvalue weighted by molar-refractivity contribution is 9.10. The van der Waals surface area contributed by atoms with E-state index in [0.29, 0.717) is 16.4 Å². The van der Waals surface area contributed by atoms with Gasteiger partial charge in [-0.25, -0.2) is 4.98 Å². The topological polar surface area (TPSA) is 42.1 Å². The Bertz CT molecular complexity index is 372. The molecule has 1 aromatic heterocycles. The molecule has 3 nitrogen and oxygen atoms in total. The number of nitrogens with zero attached hydrogens (tertiary/aromatic N) is 2. The number of nitrogens with two attached hydrogens (primary N) is 1. The van der Waals surface area contributed by atoms with E-state index in [1.54, 1.807) is 12.3 Å². The minimum absolute atomic E-state index is 0.506. The molecule has 0 aromatic carbocycles. The normalized spacial score (nSPS) is 10.1. The number of thiocarbonyl (C=S) groups is 1. The molecular weight excluding hydrogens is 298 g/mol. The Morgan fingerprint density at radius 2 is 2.40 bits per heavy atom. The van der Waals surface area contributed by atoms with Gasteiger partial charge in [0.2, 0.25) is 0 Å². The summed E-state index contributed by atoms with van der Waals surface area (Å²) in [4.78, 5) is 6.70. The third-order valence-corrected chi connectivity index (χ3v) is 2.84. The predicted octanol–water partition coefficient (Wildman–Crippen LogP) is 2.61. The van der Waals surface area contributed by atoms with Crippen LogP contribution in [0.5, 0.6) is 0 Å². The van der Waals surface area contributed by atoms with Gasteiger partial charge < -0.3 is 10.6 Å². The summed E-state index contributed by atoms with van der Waals surface area (Å²) in [5, 5.41) is 0.605. The van der Waals surface area contributed by atoms with Gasteiger partial charge in [-0.1, -0.05) is 23.8 Å². The van der Waals surface area contributed by atoms with Crippen LogP contribution >= 0.6 is 39.7 Å². The first-order valence-electron chi connectivity index (χ1n) is 4.31. The number of hydrogen-bond acceptors (Lipinski definition) is 3. The molecule has 2 N–H and O–H groups in total. The molecule has 0 saturated heterocycles. The van der Waals surface area contributed by atoms with Crippen molar-refractivity contribution in [2.24, 2.45) is 5.73 Å². The van der Waals surface area contributed by atoms with Gasteiger partial charge in [0.1, 0.15) is 5.82 Å². The molecule has 0 aliphatic heterocycles. The summed E-state index contributed by atoms with van der Waals surface area (Å²) in [5.41, 5.74) is 5.43. The van der Waals surface area contributed by atoms with Gasteiger partial charge in [-0.3, -0.25) is 0 Å². The molecule has 82 valence electrons. The lowest BCUT2D eigenvalue weighted by molar-refractivity contribution is 0.895. The molecule has 1 aromatic rings. The third kappa shape index (κ3) is 3.93. The van der Waals surface area contributed by atoms with Gasteiger partial charge in [0.05, 0.1) is 14.5 Å². The molecule has 15 heavy (non-hydrogen) atoms. The number of hydrogen-bond donors (Lipinski definition) is 1. The maximum Gasteiger partial charge on any atom is 0.142 e. The van der Waals surface area contributed by atoms with Crippen molar-refractivity contribution >= 4 is 50.6 Å². The summed E-state index contributed by atoms with van der Waals surface area (Å²) in [6.07, 6.45) is 2.28. The molecule has 0 radical (unpaired) electrons. The average molecular weight is 309 g/mol. The van der Waals surface area contributed by atoms with Crippen LogP contribution in [0.2, 0.25) is 5.02 Å². The highest BCUT2D eigenvalue weighted by Gasteiger charge is 2.07. The van der Waals surface area contributed by atoms with Crippen LogP contribution in [0.15, 0.2) is 16.7 Å². The first-order valence-corrected chi connectivity index (χ1v) is 5.89. The summed E-state index contributed by atoms with van der Waals surface area (Å²) < 4.78 is 0.862. The number of halogens is 2. The van der Waals surface area contributed by atoms with E-state index in [4.69, 9.17) is 29.6 Å². The fraction of sp³-hybridized carbons (Fsp3) is 0.333. The van der Waals surface area contributed by atoms with Crippen LogP contribution in [0.4, 0.5) is 5.82 Å². The second-order valence-electron chi connectivity index (χ2n) is 3.10. The van der Waals surface area contributed by atoms with Crippen molar-refractivity contribution in [1.82, 2.24) is 4.98 Å². The smallest absolute Gasteiger partial charge is 0.142 e. The highest BCUT2D eigenvalue weighted by Crippen LogP contribution is 2.25. The molecule has 0 fully saturated rings. The number of aromatic nitrogens is 1. The fourth-order valence-corrected chi connectivity index (χ4v) is 2.10. The van der Waals surface area contributed by atoms with Crippen LogP contribution in [-0.2, 0) is 0 Å². The first kappa shape index (κ1) is 12.7. The van der Waals surface area contributed by atoms with E-state index < -0.39 is 0 Å². The van der Waals surface area contributed by atoms with Crippen molar-refractivity contribution in [2.75, 3.05) is 18.5 Å². The minimum Gasteiger partial charge on any atom is -0.393 e. The van der Waals surface area contributed by atoms with Gasteiger partial charge >= 0.3 is 0 Å². The second-order valence-corrected chi connectivity index (χ2v) is 4.91. The SMILES string of the molecule is CN(CCC(N)=S)c1ncc(Cl)cc1Br. The lowest BCUT2D eigenvalue weighted by atomic mass is 10.3. The Morgan fingerprint density at radius 3 is 2.93 bits per heavy atom. The minimum atomic E-state index is 0.506. The molecule has 0 spiro atoms. The largest absolute Gasteiger partial charge is 0.393 e. The zero-order valence-corrected chi connectivity index (χ0v) is 11.4. The van der Waals surface area contributed by atoms with Crippen LogP contribution in [0.1, 0.15) is 6.42 Å². The maximum atomic E-state index is 5.80. The highest BCUT2D eigenvalue weighted by atomic mass is 79.9. The van der Waals surface area contributed by atoms with E-state index in [1.807, 2.05) is 11.9 Å². The first-order chi connectivity index (χ1) is 7.00. The molecule has 1 rings (SSSR count). The van der Waals surface area contributed by atoms with Gasteiger partial charge in [0.25, 0.3) is 0 Å². The van der Waals surface area contributed by atoms with E-state index in [0.717, 1.165) is 16.8 Å². The predicted molar refractivity (Wildman–Crippen MR) is 71.6 cm³/mol. The van der Waals surface area contributed by atoms with E-state index >= 15 is 0 Å². The third-order valence-electron chi connectivity index (χ3n) is 1.84. The molecule has 1 heterocycles. The Morgan fingerprint density at radius 1 is 1.73 bits per heavy atom. The van der Waals surface area contributed by atoms with E-state index in [-0.39, 0.29) is 0 Å². The number of rotatable bonds is 4. The van der Waals surface area contributed by atoms with Crippen LogP contribution in [-0.4, -0.2) is 23.6 Å². The zero-order valence-electron chi connectivity index (χ0n) is 8.20. The Hall–Kier alpha value is -0.390. The quantitative estimate of drug-likeness (QED) is 0.868. The lowest BCUT2D eigenvalue weighted by Gasteiger charge is -2.18. The van der Waals surface area contributed by atoms with Crippen LogP contribution in [0, 0.1) is 0 Å². The van der Waals surface area contributed by atoms with Gasteiger partial charge in [-0.05, 0) is 22.0 Å². The van der Waals surface area contributed by atoms with E-state index in [2.05, 4.69) is 20.9 Å². The van der Waals surface area contributed by atoms with Gasteiger partial charge in [0, 0.05) is 26.2 Å². The van der Waals surface area contributed by atoms with Crippen molar-refractivity contribution in [3.63, 3.8) is 0 Å². The van der Waals surface area contributed by atoms with E-state index in [9.17, 15) is 0 Å². The van der Waals surface area contributed by atoms with Crippen LogP contribution in [0.25, 0.3) is 0 Å². The van der Waals surface area contributed by atoms with Crippen molar-refractivity contribution in [3.8, 4) is 0 Å². The van der Waals surface area contributed by atoms with Gasteiger partial charge in [-0.2, -0.15) is 0 Å². The molecule has 0 amide bonds. The summed E-state index contributed by atoms with van der Waals surface area (Å²) in [7, 11) is 1.93. The second kappa shape index (κ2) is 5.63. The van der Waals surface area contributed by atoms with Gasteiger partial charge in [-0.15, -0.1) is 0 Å². The zero-order chi connectivity index (χ0) is 11.4. The monoisotopic (exact) mass is 307 g/mol. The molecule has 0 saturated carbocycles. The lowest BCUT2D eigenvalue weighted by Crippen LogP contribution is -2.24. The average Bonchev–Trinajstić information content (AvgIpc) is 2.14. The number of anilines is 1. The van der Waals surface area contributed by atoms with Crippen molar-refractivity contribution < 1.29 is 0 Å². The summed E-state index contributed by atoms with van der Waals surface area (Å²) in [6.45, 7) is 0.739. The Kier molecular flexibility index (Phi) is 4.76. The summed E-state index contributed by atoms with van der Waals surface area (Å²) >= 11 is 14.0. The molecule has 6 heteroatoms. The maximum absolute atomic E-state index is 5.80. The van der Waals surface area contributed by atoms with Crippen molar-refractivity contribution in [3.05, 3.63) is 21.8 Å². The fourth-order valence-electron chi connectivity index (χ4n) is 1.07. The van der Waals surface area contributed by atoms with Crippen molar-refractivity contribution in [2.45, 2.75) is 6.42 Å². The Balaban J connectivity index is 2.73.